The zero-order valence-corrected chi connectivity index (χ0v) is 46.8. The summed E-state index contributed by atoms with van der Waals surface area (Å²) in [5.74, 6) is 1.34. The van der Waals surface area contributed by atoms with Crippen molar-refractivity contribution in [1.29, 1.82) is 0 Å². The molecule has 0 radical (unpaired) electrons. The van der Waals surface area contributed by atoms with E-state index in [0.717, 1.165) is 17.8 Å². The summed E-state index contributed by atoms with van der Waals surface area (Å²) in [6, 6.07) is 27.9. The summed E-state index contributed by atoms with van der Waals surface area (Å²) in [5, 5.41) is 53.2. The summed E-state index contributed by atoms with van der Waals surface area (Å²) in [6.07, 6.45) is 5.66. The van der Waals surface area contributed by atoms with Crippen LogP contribution in [0.25, 0.3) is 12.2 Å². The van der Waals surface area contributed by atoms with Gasteiger partial charge < -0.3 is 64.5 Å². The number of nitrogens with one attached hydrogen (secondary N) is 5. The van der Waals surface area contributed by atoms with Crippen LogP contribution in [0.1, 0.15) is 36.2 Å². The van der Waals surface area contributed by atoms with Gasteiger partial charge in [0.15, 0.2) is 0 Å². The topological polar surface area (TPSA) is 324 Å². The van der Waals surface area contributed by atoms with E-state index in [-0.39, 0.29) is 127 Å². The maximum atomic E-state index is 11.9. The number of aryl methyl sites for hydroxylation is 1. The molecule has 0 aliphatic carbocycles. The van der Waals surface area contributed by atoms with Crippen LogP contribution in [0.15, 0.2) is 97.1 Å². The number of hydrogen-bond acceptors (Lipinski definition) is 23. The van der Waals surface area contributed by atoms with E-state index in [4.69, 9.17) is 8.37 Å². The first-order chi connectivity index (χ1) is 35.1. The number of rotatable bonds is 32. The van der Waals surface area contributed by atoms with E-state index in [1.807, 2.05) is 70.5 Å². The summed E-state index contributed by atoms with van der Waals surface area (Å²) in [6.45, 7) is 3.44. The smallest absolute Gasteiger partial charge is 0.740 e. The molecule has 0 amide bonds. The predicted molar refractivity (Wildman–Crippen MR) is 274 cm³/mol. The van der Waals surface area contributed by atoms with Crippen LogP contribution in [0.5, 0.6) is 11.5 Å². The quantitative estimate of drug-likeness (QED) is 0.00979. The van der Waals surface area contributed by atoms with E-state index in [9.17, 15) is 37.9 Å². The van der Waals surface area contributed by atoms with Gasteiger partial charge in [0.05, 0.1) is 26.4 Å². The minimum absolute atomic E-state index is 0. The molecular weight excluding hydrogens is 1020 g/mol. The average molecular weight is 1070 g/mol. The Kier molecular flexibility index (Phi) is 28.4. The molecule has 23 nitrogen and oxygen atoms in total. The molecule has 0 saturated carbocycles. The van der Waals surface area contributed by atoms with E-state index in [1.54, 1.807) is 24.3 Å². The molecule has 4 aromatic carbocycles. The minimum Gasteiger partial charge on any atom is -0.740 e. The van der Waals surface area contributed by atoms with Crippen LogP contribution in [0.4, 0.5) is 52.5 Å². The zero-order valence-electron chi connectivity index (χ0n) is 41.1. The summed E-state index contributed by atoms with van der Waals surface area (Å²) < 4.78 is 58.1. The fourth-order valence-corrected chi connectivity index (χ4v) is 7.68. The Balaban J connectivity index is 0.00000593. The largest absolute Gasteiger partial charge is 1.00 e. The molecular formula is C47H57N13Na2O10S2. The van der Waals surface area contributed by atoms with Crippen molar-refractivity contribution in [3.8, 4) is 11.5 Å². The van der Waals surface area contributed by atoms with Crippen molar-refractivity contribution in [3.05, 3.63) is 114 Å². The van der Waals surface area contributed by atoms with E-state index in [1.165, 1.54) is 24.3 Å². The van der Waals surface area contributed by atoms with Gasteiger partial charge in [-0.25, -0.2) is 8.42 Å². The summed E-state index contributed by atoms with van der Waals surface area (Å²) in [4.78, 5) is 31.3. The van der Waals surface area contributed by atoms with Gasteiger partial charge in [-0.3, -0.25) is 9.80 Å². The second-order valence-electron chi connectivity index (χ2n) is 15.7. The molecule has 0 bridgehead atoms. The summed E-state index contributed by atoms with van der Waals surface area (Å²) in [5.41, 5.74) is 2.80. The molecule has 2 heterocycles. The standard InChI is InChI=1S/C47H59N13O10S2.2Na/c61-28-24-59(25-29-62)22-8-7-14-42-53-44(49-36-10-3-1-4-11-36)57-45(54-42)51-38-19-17-34(40(32-38)69-71(65)66)15-16-35-18-20-39(33-41(35)70-72(67)68)52-47-56-43(48-21-9-23-60(26-30-63)27-31-64)55-46(58-47)50-37-12-5-2-6-13-37;;/h1-6,10-13,15-20,32-33,61-64H,7-9,14,21-31H2,(H,65,66)(H,67,68)(H2,49,51,53,54,57)(H3,48,50,52,55,56,58);;/q;2*+1/p-2/b16-15+;;. The van der Waals surface area contributed by atoms with Crippen molar-refractivity contribution in [2.75, 3.05) is 98.8 Å². The van der Waals surface area contributed by atoms with Crippen LogP contribution < -0.4 is 94.1 Å². The molecule has 74 heavy (non-hydrogen) atoms. The number of para-hydroxylation sites is 2. The van der Waals surface area contributed by atoms with Crippen LogP contribution in [0.2, 0.25) is 0 Å². The molecule has 6 rings (SSSR count). The Bertz CT molecular complexity index is 2500. The van der Waals surface area contributed by atoms with Crippen molar-refractivity contribution < 1.29 is 105 Å². The van der Waals surface area contributed by atoms with Crippen LogP contribution >= 0.6 is 0 Å². The normalized spacial score (nSPS) is 11.9. The number of hydrogen-bond donors (Lipinski definition) is 9. The predicted octanol–water partition coefficient (Wildman–Crippen LogP) is -1.75. The van der Waals surface area contributed by atoms with E-state index in [2.05, 4.69) is 56.5 Å². The van der Waals surface area contributed by atoms with Gasteiger partial charge in [-0.05, 0) is 80.9 Å². The molecule has 2 aromatic heterocycles. The SMILES string of the molecule is O=S([O-])Oc1cc(Nc2nc(CCCCN(CCO)CCO)nc(Nc3ccccc3)n2)ccc1/C=C/c1ccc(Nc2nc(NCCCN(CCO)CCO)nc(Nc3ccccc3)n2)cc1OS(=O)[O-].[Na+].[Na+]. The van der Waals surface area contributed by atoms with Crippen molar-refractivity contribution in [2.45, 2.75) is 25.7 Å². The van der Waals surface area contributed by atoms with Gasteiger partial charge >= 0.3 is 59.1 Å². The van der Waals surface area contributed by atoms with Crippen molar-refractivity contribution in [1.82, 2.24) is 39.7 Å². The molecule has 27 heteroatoms. The summed E-state index contributed by atoms with van der Waals surface area (Å²) >= 11 is -5.97. The minimum atomic E-state index is -2.99. The van der Waals surface area contributed by atoms with Crippen LogP contribution in [0.3, 0.4) is 0 Å². The van der Waals surface area contributed by atoms with Crippen LogP contribution in [-0.2, 0) is 29.1 Å². The molecule has 0 saturated heterocycles. The summed E-state index contributed by atoms with van der Waals surface area (Å²) in [7, 11) is 0. The number of benzene rings is 4. The second-order valence-corrected chi connectivity index (χ2v) is 16.8. The number of aromatic nitrogens is 6. The fraction of sp³-hybridized carbons (Fsp3) is 0.319. The zero-order chi connectivity index (χ0) is 50.9. The van der Waals surface area contributed by atoms with Gasteiger partial charge in [-0.2, -0.15) is 29.9 Å². The Morgan fingerprint density at radius 2 is 0.878 bits per heavy atom. The Hall–Kier alpha value is -4.78. The first-order valence-corrected chi connectivity index (χ1v) is 24.9. The van der Waals surface area contributed by atoms with E-state index < -0.39 is 22.7 Å². The third-order valence-electron chi connectivity index (χ3n) is 10.4. The third kappa shape index (κ3) is 21.8. The molecule has 0 fully saturated rings. The first-order valence-electron chi connectivity index (χ1n) is 22.9. The van der Waals surface area contributed by atoms with Crippen LogP contribution in [0, 0.1) is 0 Å². The van der Waals surface area contributed by atoms with Crippen molar-refractivity contribution in [2.24, 2.45) is 0 Å². The second kappa shape index (κ2) is 34.0. The molecule has 0 spiro atoms. The third-order valence-corrected chi connectivity index (χ3v) is 11.0. The maximum Gasteiger partial charge on any atom is 1.00 e. The molecule has 0 aliphatic heterocycles. The van der Waals surface area contributed by atoms with Gasteiger partial charge in [-0.15, -0.1) is 0 Å². The van der Waals surface area contributed by atoms with Gasteiger partial charge in [0.2, 0.25) is 29.7 Å². The number of aliphatic hydroxyl groups is 4. The molecule has 6 aromatic rings. The monoisotopic (exact) mass is 1070 g/mol. The fourth-order valence-electron chi connectivity index (χ4n) is 7.10. The maximum absolute atomic E-state index is 11.9. The number of unbranched alkanes of at least 4 members (excludes halogenated alkanes) is 1. The number of aliphatic hydroxyl groups excluding tert-OH is 4. The Labute approximate surface area is 478 Å². The first kappa shape index (κ1) is 61.8. The van der Waals surface area contributed by atoms with Gasteiger partial charge in [-0.1, -0.05) is 48.6 Å². The van der Waals surface area contributed by atoms with E-state index >= 15 is 0 Å². The van der Waals surface area contributed by atoms with Crippen molar-refractivity contribution >= 4 is 87.4 Å². The molecule has 0 aliphatic rings. The number of anilines is 9. The van der Waals surface area contributed by atoms with Gasteiger partial charge in [0.25, 0.3) is 0 Å². The molecule has 9 N–H and O–H groups in total. The van der Waals surface area contributed by atoms with E-state index in [0.29, 0.717) is 93.4 Å². The van der Waals surface area contributed by atoms with Crippen LogP contribution in [-0.4, -0.2) is 150 Å². The Morgan fingerprint density at radius 3 is 1.30 bits per heavy atom. The van der Waals surface area contributed by atoms with Crippen molar-refractivity contribution in [3.63, 3.8) is 0 Å². The molecule has 2 unspecified atom stereocenters. The molecule has 384 valence electrons. The Morgan fingerprint density at radius 1 is 0.486 bits per heavy atom. The molecule has 2 atom stereocenters. The van der Waals surface area contributed by atoms with Gasteiger partial charge in [0, 0.05) is 85.2 Å². The number of nitrogens with zero attached hydrogens (tertiary/aromatic N) is 8. The van der Waals surface area contributed by atoms with Gasteiger partial charge in [0.1, 0.15) is 40.0 Å². The average Bonchev–Trinajstić information content (AvgIpc) is 3.35.